The van der Waals surface area contributed by atoms with Crippen LogP contribution in [-0.2, 0) is 18.3 Å². The molecule has 37 heavy (non-hydrogen) atoms. The van der Waals surface area contributed by atoms with E-state index in [2.05, 4.69) is 5.32 Å². The predicted molar refractivity (Wildman–Crippen MR) is 130 cm³/mol. The number of fused-ring (bicyclic) bond motifs is 1. The van der Waals surface area contributed by atoms with Gasteiger partial charge in [0.15, 0.2) is 11.6 Å². The van der Waals surface area contributed by atoms with Crippen LogP contribution in [0.15, 0.2) is 70.4 Å². The first kappa shape index (κ1) is 25.3. The summed E-state index contributed by atoms with van der Waals surface area (Å²) in [5, 5.41) is 12.9. The summed E-state index contributed by atoms with van der Waals surface area (Å²) in [5.74, 6) is -5.50. The fourth-order valence-electron chi connectivity index (χ4n) is 4.07. The predicted octanol–water partition coefficient (Wildman–Crippen LogP) is 2.40. The SMILES string of the molecule is COc1ccc(F)c(C(=O)N[C@@H](Cc2cccc3c(-n4c(=O)ccn(C)c4=O)cccc23)C(=O)O)c1F. The molecule has 11 heteroatoms. The lowest BCUT2D eigenvalue weighted by Gasteiger charge is -2.18. The maximum Gasteiger partial charge on any atom is 0.335 e. The monoisotopic (exact) mass is 509 g/mol. The lowest BCUT2D eigenvalue weighted by atomic mass is 9.97. The number of carboxylic acids is 1. The number of rotatable bonds is 7. The van der Waals surface area contributed by atoms with Crippen molar-refractivity contribution in [3.05, 3.63) is 104 Å². The fourth-order valence-corrected chi connectivity index (χ4v) is 4.07. The standard InChI is InChI=1S/C26H21F2N3O6/c1-30-12-11-21(32)31(26(30)36)19-8-4-6-15-14(5-3-7-16(15)19)13-18(25(34)35)29-24(33)22-17(27)9-10-20(37-2)23(22)28/h3-12,18H,13H2,1-2H3,(H,29,33)(H,34,35)/t18-/m0/s1. The number of carboxylic acid groups (broad SMARTS) is 1. The van der Waals surface area contributed by atoms with E-state index in [1.54, 1.807) is 36.4 Å². The van der Waals surface area contributed by atoms with Gasteiger partial charge in [0.1, 0.15) is 17.4 Å². The summed E-state index contributed by atoms with van der Waals surface area (Å²) in [7, 11) is 2.65. The molecule has 3 aromatic carbocycles. The molecule has 9 nitrogen and oxygen atoms in total. The lowest BCUT2D eigenvalue weighted by Crippen LogP contribution is -2.43. The third-order valence-corrected chi connectivity index (χ3v) is 5.91. The Bertz CT molecular complexity index is 1660. The number of nitrogens with one attached hydrogen (secondary N) is 1. The molecular formula is C26H21F2N3O6. The molecule has 0 saturated heterocycles. The van der Waals surface area contributed by atoms with Crippen molar-refractivity contribution in [1.82, 2.24) is 14.5 Å². The molecule has 4 rings (SSSR count). The summed E-state index contributed by atoms with van der Waals surface area (Å²) in [6.45, 7) is 0. The molecule has 1 heterocycles. The molecule has 1 amide bonds. The van der Waals surface area contributed by atoms with Crippen molar-refractivity contribution in [2.24, 2.45) is 7.05 Å². The smallest absolute Gasteiger partial charge is 0.335 e. The van der Waals surface area contributed by atoms with Crippen molar-refractivity contribution in [1.29, 1.82) is 0 Å². The highest BCUT2D eigenvalue weighted by atomic mass is 19.1. The quantitative estimate of drug-likeness (QED) is 0.395. The van der Waals surface area contributed by atoms with E-state index in [-0.39, 0.29) is 12.2 Å². The van der Waals surface area contributed by atoms with E-state index in [1.807, 2.05) is 0 Å². The average Bonchev–Trinajstić information content (AvgIpc) is 2.86. The summed E-state index contributed by atoms with van der Waals surface area (Å²) in [4.78, 5) is 49.9. The second-order valence-corrected chi connectivity index (χ2v) is 8.18. The lowest BCUT2D eigenvalue weighted by molar-refractivity contribution is -0.139. The van der Waals surface area contributed by atoms with Gasteiger partial charge in [-0.05, 0) is 29.1 Å². The van der Waals surface area contributed by atoms with Crippen LogP contribution in [0, 0.1) is 11.6 Å². The first-order valence-electron chi connectivity index (χ1n) is 11.0. The van der Waals surface area contributed by atoms with E-state index in [0.717, 1.165) is 23.8 Å². The molecule has 4 aromatic rings. The largest absolute Gasteiger partial charge is 0.494 e. The zero-order chi connectivity index (χ0) is 26.9. The molecule has 190 valence electrons. The second kappa shape index (κ2) is 10.1. The summed E-state index contributed by atoms with van der Waals surface area (Å²) in [5.41, 5.74) is -1.33. The van der Waals surface area contributed by atoms with E-state index in [1.165, 1.54) is 23.9 Å². The summed E-state index contributed by atoms with van der Waals surface area (Å²) >= 11 is 0. The summed E-state index contributed by atoms with van der Waals surface area (Å²) < 4.78 is 35.8. The molecule has 0 spiro atoms. The number of halogens is 2. The number of methoxy groups -OCH3 is 1. The number of carbonyl (C=O) groups is 2. The molecule has 0 unspecified atom stereocenters. The molecule has 0 fully saturated rings. The number of nitrogens with zero attached hydrogens (tertiary/aromatic N) is 2. The molecule has 0 aliphatic carbocycles. The number of ether oxygens (including phenoxy) is 1. The van der Waals surface area contributed by atoms with Crippen LogP contribution in [0.25, 0.3) is 16.5 Å². The molecule has 0 aliphatic rings. The Balaban J connectivity index is 1.74. The average molecular weight is 509 g/mol. The van der Waals surface area contributed by atoms with Crippen molar-refractivity contribution in [2.45, 2.75) is 12.5 Å². The van der Waals surface area contributed by atoms with Crippen LogP contribution in [0.2, 0.25) is 0 Å². The van der Waals surface area contributed by atoms with Crippen molar-refractivity contribution in [3.8, 4) is 11.4 Å². The topological polar surface area (TPSA) is 120 Å². The van der Waals surface area contributed by atoms with Gasteiger partial charge in [-0.3, -0.25) is 9.59 Å². The summed E-state index contributed by atoms with van der Waals surface area (Å²) in [6.07, 6.45) is 1.10. The fraction of sp³-hybridized carbons (Fsp3) is 0.154. The van der Waals surface area contributed by atoms with Crippen LogP contribution in [-0.4, -0.2) is 39.3 Å². The van der Waals surface area contributed by atoms with E-state index in [4.69, 9.17) is 4.74 Å². The second-order valence-electron chi connectivity index (χ2n) is 8.18. The molecular weight excluding hydrogens is 488 g/mol. The Morgan fingerprint density at radius 3 is 2.43 bits per heavy atom. The zero-order valence-corrected chi connectivity index (χ0v) is 19.7. The van der Waals surface area contributed by atoms with E-state index >= 15 is 0 Å². The van der Waals surface area contributed by atoms with Crippen molar-refractivity contribution < 1.29 is 28.2 Å². The van der Waals surface area contributed by atoms with Gasteiger partial charge < -0.3 is 19.7 Å². The van der Waals surface area contributed by atoms with Crippen LogP contribution in [0.3, 0.4) is 0 Å². The maximum absolute atomic E-state index is 14.5. The highest BCUT2D eigenvalue weighted by molar-refractivity contribution is 5.98. The van der Waals surface area contributed by atoms with Crippen molar-refractivity contribution >= 4 is 22.6 Å². The Morgan fingerprint density at radius 2 is 1.73 bits per heavy atom. The van der Waals surface area contributed by atoms with E-state index < -0.39 is 46.4 Å². The van der Waals surface area contributed by atoms with Crippen LogP contribution in [0.1, 0.15) is 15.9 Å². The Hall–Kier alpha value is -4.80. The van der Waals surface area contributed by atoms with Crippen LogP contribution in [0.5, 0.6) is 5.75 Å². The van der Waals surface area contributed by atoms with Gasteiger partial charge in [0, 0.05) is 31.1 Å². The molecule has 0 saturated carbocycles. The minimum absolute atomic E-state index is 0.253. The van der Waals surface area contributed by atoms with E-state index in [9.17, 15) is 33.1 Å². The molecule has 2 N–H and O–H groups in total. The number of carbonyl (C=O) groups excluding carboxylic acids is 1. The number of hydrogen-bond acceptors (Lipinski definition) is 5. The number of hydrogen-bond donors (Lipinski definition) is 2. The minimum Gasteiger partial charge on any atom is -0.494 e. The molecule has 0 bridgehead atoms. The molecule has 1 aromatic heterocycles. The van der Waals surface area contributed by atoms with Gasteiger partial charge in [-0.2, -0.15) is 0 Å². The number of aryl methyl sites for hydroxylation is 1. The number of aliphatic carboxylic acids is 1. The number of benzene rings is 3. The molecule has 1 atom stereocenters. The van der Waals surface area contributed by atoms with Crippen LogP contribution < -0.4 is 21.3 Å². The minimum atomic E-state index is -1.56. The van der Waals surface area contributed by atoms with Crippen molar-refractivity contribution in [3.63, 3.8) is 0 Å². The Morgan fingerprint density at radius 1 is 1.03 bits per heavy atom. The van der Waals surface area contributed by atoms with Crippen LogP contribution >= 0.6 is 0 Å². The Labute approximate surface area is 208 Å². The van der Waals surface area contributed by atoms with Gasteiger partial charge in [0.25, 0.3) is 11.5 Å². The number of aromatic nitrogens is 2. The molecule has 0 radical (unpaired) electrons. The highest BCUT2D eigenvalue weighted by Crippen LogP contribution is 2.26. The van der Waals surface area contributed by atoms with Gasteiger partial charge in [-0.25, -0.2) is 22.9 Å². The van der Waals surface area contributed by atoms with Gasteiger partial charge in [0.05, 0.1) is 12.8 Å². The van der Waals surface area contributed by atoms with Gasteiger partial charge in [-0.15, -0.1) is 0 Å². The Kier molecular flexibility index (Phi) is 6.87. The van der Waals surface area contributed by atoms with Gasteiger partial charge in [0.2, 0.25) is 0 Å². The normalized spacial score (nSPS) is 11.8. The maximum atomic E-state index is 14.5. The number of amides is 1. The van der Waals surface area contributed by atoms with Gasteiger partial charge in [-0.1, -0.05) is 30.3 Å². The van der Waals surface area contributed by atoms with Crippen LogP contribution in [0.4, 0.5) is 8.78 Å². The summed E-state index contributed by atoms with van der Waals surface area (Å²) in [6, 6.07) is 11.3. The first-order chi connectivity index (χ1) is 17.6. The third-order valence-electron chi connectivity index (χ3n) is 5.91. The van der Waals surface area contributed by atoms with E-state index in [0.29, 0.717) is 22.0 Å². The zero-order valence-electron chi connectivity index (χ0n) is 19.7. The highest BCUT2D eigenvalue weighted by Gasteiger charge is 2.27. The third kappa shape index (κ3) is 4.70. The first-order valence-corrected chi connectivity index (χ1v) is 11.0. The van der Waals surface area contributed by atoms with Crippen molar-refractivity contribution in [2.75, 3.05) is 7.11 Å². The van der Waals surface area contributed by atoms with Gasteiger partial charge >= 0.3 is 11.7 Å². The molecule has 0 aliphatic heterocycles.